The number of nitrogens with one attached hydrogen (secondary N) is 1. The van der Waals surface area contributed by atoms with Crippen LogP contribution in [0.5, 0.6) is 17.5 Å². The third kappa shape index (κ3) is 3.43. The van der Waals surface area contributed by atoms with Crippen molar-refractivity contribution in [1.82, 2.24) is 15.3 Å². The summed E-state index contributed by atoms with van der Waals surface area (Å²) in [6.07, 6.45) is 3.40. The molecule has 0 saturated heterocycles. The molecule has 1 heterocycles. The minimum Gasteiger partial charge on any atom is -0.493 e. The zero-order chi connectivity index (χ0) is 14.4. The van der Waals surface area contributed by atoms with Crippen molar-refractivity contribution in [3.05, 3.63) is 41.7 Å². The standard InChI is InChI=1S/C14H17N3O3/c1-15-6-11-7-16-14(17-8-11)20-12-4-3-10(9-18)5-13(12)19-2/h3-5,7-8,15,18H,6,9H2,1-2H3. The molecule has 6 heteroatoms. The summed E-state index contributed by atoms with van der Waals surface area (Å²) in [6, 6.07) is 5.44. The Bertz CT molecular complexity index is 558. The molecule has 0 amide bonds. The van der Waals surface area contributed by atoms with Crippen molar-refractivity contribution in [2.45, 2.75) is 13.2 Å². The van der Waals surface area contributed by atoms with Crippen LogP contribution in [0.3, 0.4) is 0 Å². The maximum absolute atomic E-state index is 9.09. The Morgan fingerprint density at radius 3 is 2.50 bits per heavy atom. The molecule has 0 aliphatic heterocycles. The third-order valence-corrected chi connectivity index (χ3v) is 2.67. The van der Waals surface area contributed by atoms with Gasteiger partial charge in [-0.05, 0) is 24.7 Å². The summed E-state index contributed by atoms with van der Waals surface area (Å²) in [7, 11) is 3.40. The Kier molecular flexibility index (Phi) is 4.86. The molecule has 1 aromatic carbocycles. The first-order valence-corrected chi connectivity index (χ1v) is 6.18. The number of hydrogen-bond donors (Lipinski definition) is 2. The van der Waals surface area contributed by atoms with Gasteiger partial charge in [-0.25, -0.2) is 9.97 Å². The Labute approximate surface area is 117 Å². The molecular formula is C14H17N3O3. The van der Waals surface area contributed by atoms with Crippen LogP contribution in [-0.2, 0) is 13.2 Å². The normalized spacial score (nSPS) is 10.3. The van der Waals surface area contributed by atoms with E-state index in [1.165, 1.54) is 0 Å². The van der Waals surface area contributed by atoms with Gasteiger partial charge in [0.1, 0.15) is 0 Å². The van der Waals surface area contributed by atoms with E-state index in [9.17, 15) is 0 Å². The first-order valence-electron chi connectivity index (χ1n) is 6.18. The molecule has 0 fully saturated rings. The van der Waals surface area contributed by atoms with E-state index in [1.54, 1.807) is 37.7 Å². The molecule has 0 saturated carbocycles. The SMILES string of the molecule is CNCc1cnc(Oc2ccc(CO)cc2OC)nc1. The molecule has 0 bridgehead atoms. The molecular weight excluding hydrogens is 258 g/mol. The zero-order valence-corrected chi connectivity index (χ0v) is 11.5. The van der Waals surface area contributed by atoms with Crippen LogP contribution in [0.2, 0.25) is 0 Å². The Morgan fingerprint density at radius 1 is 1.15 bits per heavy atom. The molecule has 0 radical (unpaired) electrons. The number of methoxy groups -OCH3 is 1. The lowest BCUT2D eigenvalue weighted by atomic mass is 10.2. The predicted octanol–water partition coefficient (Wildman–Crippen LogP) is 1.49. The number of hydrogen-bond acceptors (Lipinski definition) is 6. The number of nitrogens with zero attached hydrogens (tertiary/aromatic N) is 2. The minimum atomic E-state index is -0.0497. The van der Waals surface area contributed by atoms with E-state index in [1.807, 2.05) is 7.05 Å². The molecule has 2 aromatic rings. The van der Waals surface area contributed by atoms with Crippen LogP contribution >= 0.6 is 0 Å². The van der Waals surface area contributed by atoms with Crippen LogP contribution in [0.4, 0.5) is 0 Å². The van der Waals surface area contributed by atoms with Crippen molar-refractivity contribution in [2.24, 2.45) is 0 Å². The van der Waals surface area contributed by atoms with Crippen molar-refractivity contribution >= 4 is 0 Å². The van der Waals surface area contributed by atoms with Crippen LogP contribution in [0.15, 0.2) is 30.6 Å². The molecule has 2 N–H and O–H groups in total. The number of aliphatic hydroxyl groups excluding tert-OH is 1. The second-order valence-electron chi connectivity index (χ2n) is 4.15. The summed E-state index contributed by atoms with van der Waals surface area (Å²) in [6.45, 7) is 0.653. The van der Waals surface area contributed by atoms with E-state index in [0.29, 0.717) is 18.0 Å². The van der Waals surface area contributed by atoms with Crippen LogP contribution < -0.4 is 14.8 Å². The van der Waals surface area contributed by atoms with Gasteiger partial charge in [0.2, 0.25) is 0 Å². The van der Waals surface area contributed by atoms with Gasteiger partial charge in [0.15, 0.2) is 11.5 Å². The number of ether oxygens (including phenoxy) is 2. The highest BCUT2D eigenvalue weighted by Crippen LogP contribution is 2.30. The van der Waals surface area contributed by atoms with E-state index in [4.69, 9.17) is 14.6 Å². The maximum atomic E-state index is 9.09. The van der Waals surface area contributed by atoms with Crippen molar-refractivity contribution < 1.29 is 14.6 Å². The lowest BCUT2D eigenvalue weighted by Gasteiger charge is -2.10. The molecule has 0 spiro atoms. The summed E-state index contributed by atoms with van der Waals surface area (Å²) < 4.78 is 10.8. The lowest BCUT2D eigenvalue weighted by molar-refractivity contribution is 0.280. The predicted molar refractivity (Wildman–Crippen MR) is 73.8 cm³/mol. The fourth-order valence-corrected chi connectivity index (χ4v) is 1.68. The third-order valence-electron chi connectivity index (χ3n) is 2.67. The molecule has 2 rings (SSSR count). The van der Waals surface area contributed by atoms with Gasteiger partial charge in [0.25, 0.3) is 0 Å². The molecule has 6 nitrogen and oxygen atoms in total. The highest BCUT2D eigenvalue weighted by atomic mass is 16.5. The highest BCUT2D eigenvalue weighted by molar-refractivity contribution is 5.43. The molecule has 1 aromatic heterocycles. The number of aromatic nitrogens is 2. The largest absolute Gasteiger partial charge is 0.493 e. The molecule has 0 atom stereocenters. The summed E-state index contributed by atoms with van der Waals surface area (Å²) in [5.74, 6) is 1.03. The fraction of sp³-hybridized carbons (Fsp3) is 0.286. The van der Waals surface area contributed by atoms with Gasteiger partial charge in [-0.2, -0.15) is 0 Å². The van der Waals surface area contributed by atoms with Crippen LogP contribution in [0.1, 0.15) is 11.1 Å². The summed E-state index contributed by atoms with van der Waals surface area (Å²) in [5.41, 5.74) is 1.72. The number of rotatable bonds is 6. The van der Waals surface area contributed by atoms with E-state index in [-0.39, 0.29) is 12.6 Å². The second kappa shape index (κ2) is 6.83. The maximum Gasteiger partial charge on any atom is 0.322 e. The average Bonchev–Trinajstić information content (AvgIpc) is 2.50. The van der Waals surface area contributed by atoms with Crippen molar-refractivity contribution in [3.8, 4) is 17.5 Å². The van der Waals surface area contributed by atoms with E-state index in [2.05, 4.69) is 15.3 Å². The highest BCUT2D eigenvalue weighted by Gasteiger charge is 2.08. The summed E-state index contributed by atoms with van der Waals surface area (Å²) in [4.78, 5) is 8.26. The minimum absolute atomic E-state index is 0.0497. The molecule has 20 heavy (non-hydrogen) atoms. The van der Waals surface area contributed by atoms with Gasteiger partial charge in [0, 0.05) is 24.5 Å². The number of benzene rings is 1. The first-order chi connectivity index (χ1) is 9.76. The van der Waals surface area contributed by atoms with Crippen LogP contribution in [0, 0.1) is 0 Å². The Morgan fingerprint density at radius 2 is 1.90 bits per heavy atom. The van der Waals surface area contributed by atoms with E-state index >= 15 is 0 Å². The topological polar surface area (TPSA) is 76.5 Å². The first kappa shape index (κ1) is 14.2. The monoisotopic (exact) mass is 275 g/mol. The van der Waals surface area contributed by atoms with Crippen LogP contribution in [0.25, 0.3) is 0 Å². The van der Waals surface area contributed by atoms with Crippen molar-refractivity contribution in [2.75, 3.05) is 14.2 Å². The molecule has 106 valence electrons. The summed E-state index contributed by atoms with van der Waals surface area (Å²) >= 11 is 0. The van der Waals surface area contributed by atoms with Gasteiger partial charge in [-0.1, -0.05) is 6.07 Å². The van der Waals surface area contributed by atoms with Gasteiger partial charge >= 0.3 is 6.01 Å². The molecule has 0 aliphatic carbocycles. The Hall–Kier alpha value is -2.18. The Balaban J connectivity index is 2.16. The van der Waals surface area contributed by atoms with Crippen LogP contribution in [-0.4, -0.2) is 29.2 Å². The average molecular weight is 275 g/mol. The van der Waals surface area contributed by atoms with Gasteiger partial charge in [-0.15, -0.1) is 0 Å². The lowest BCUT2D eigenvalue weighted by Crippen LogP contribution is -2.06. The van der Waals surface area contributed by atoms with Gasteiger partial charge < -0.3 is 19.9 Å². The quantitative estimate of drug-likeness (QED) is 0.831. The number of aliphatic hydroxyl groups is 1. The summed E-state index contributed by atoms with van der Waals surface area (Å²) in [5, 5.41) is 12.1. The van der Waals surface area contributed by atoms with Gasteiger partial charge in [-0.3, -0.25) is 0 Å². The smallest absolute Gasteiger partial charge is 0.322 e. The van der Waals surface area contributed by atoms with E-state index < -0.39 is 0 Å². The molecule has 0 aliphatic rings. The van der Waals surface area contributed by atoms with E-state index in [0.717, 1.165) is 11.1 Å². The van der Waals surface area contributed by atoms with Gasteiger partial charge in [0.05, 0.1) is 13.7 Å². The van der Waals surface area contributed by atoms with Crippen molar-refractivity contribution in [3.63, 3.8) is 0 Å². The second-order valence-corrected chi connectivity index (χ2v) is 4.15. The molecule has 0 unspecified atom stereocenters. The van der Waals surface area contributed by atoms with Crippen molar-refractivity contribution in [1.29, 1.82) is 0 Å². The zero-order valence-electron chi connectivity index (χ0n) is 11.5. The fourth-order valence-electron chi connectivity index (χ4n) is 1.68.